The van der Waals surface area contributed by atoms with Crippen LogP contribution in [0.1, 0.15) is 12.8 Å². The molecule has 0 aromatic heterocycles. The van der Waals surface area contributed by atoms with Crippen molar-refractivity contribution in [3.8, 4) is 0 Å². The molecule has 0 bridgehead atoms. The normalized spacial score (nSPS) is 17.1. The monoisotopic (exact) mass is 269 g/mol. The standard InChI is InChI=1S/C11H12BrNO2/c12-8-2-1-3-9(6-8)13-7-11(4-5-11)10(14)15/h1-3,6,13H,4-5,7H2,(H,14,15). The fraction of sp³-hybridized carbons (Fsp3) is 0.364. The van der Waals surface area contributed by atoms with E-state index in [9.17, 15) is 4.79 Å². The molecule has 1 aromatic rings. The van der Waals surface area contributed by atoms with Crippen LogP contribution in [0.4, 0.5) is 5.69 Å². The minimum atomic E-state index is -0.690. The van der Waals surface area contributed by atoms with Gasteiger partial charge in [-0.3, -0.25) is 4.79 Å². The molecule has 0 atom stereocenters. The van der Waals surface area contributed by atoms with Crippen LogP contribution in [0.3, 0.4) is 0 Å². The van der Waals surface area contributed by atoms with E-state index in [1.807, 2.05) is 24.3 Å². The summed E-state index contributed by atoms with van der Waals surface area (Å²) in [6, 6.07) is 7.74. The maximum Gasteiger partial charge on any atom is 0.311 e. The van der Waals surface area contributed by atoms with Crippen LogP contribution in [0.5, 0.6) is 0 Å². The third-order valence-electron chi connectivity index (χ3n) is 2.76. The molecule has 0 amide bonds. The summed E-state index contributed by atoms with van der Waals surface area (Å²) in [6.07, 6.45) is 1.56. The Balaban J connectivity index is 1.96. The Morgan fingerprint density at radius 2 is 2.27 bits per heavy atom. The van der Waals surface area contributed by atoms with E-state index in [2.05, 4.69) is 21.2 Å². The Morgan fingerprint density at radius 3 is 2.80 bits per heavy atom. The van der Waals surface area contributed by atoms with Gasteiger partial charge in [0.1, 0.15) is 0 Å². The molecule has 1 aliphatic carbocycles. The number of aliphatic carboxylic acids is 1. The molecule has 2 rings (SSSR count). The highest BCUT2D eigenvalue weighted by molar-refractivity contribution is 9.10. The first-order valence-electron chi connectivity index (χ1n) is 4.85. The second-order valence-corrected chi connectivity index (χ2v) is 4.87. The molecular weight excluding hydrogens is 258 g/mol. The molecule has 1 aromatic carbocycles. The van der Waals surface area contributed by atoms with Crippen molar-refractivity contribution in [1.82, 2.24) is 0 Å². The number of carboxylic acids is 1. The number of anilines is 1. The second-order valence-electron chi connectivity index (χ2n) is 3.95. The number of nitrogens with one attached hydrogen (secondary N) is 1. The Morgan fingerprint density at radius 1 is 1.53 bits per heavy atom. The molecule has 0 heterocycles. The van der Waals surface area contributed by atoms with Gasteiger partial charge in [-0.15, -0.1) is 0 Å². The number of halogens is 1. The molecule has 15 heavy (non-hydrogen) atoms. The van der Waals surface area contributed by atoms with E-state index in [-0.39, 0.29) is 0 Å². The van der Waals surface area contributed by atoms with Gasteiger partial charge in [-0.2, -0.15) is 0 Å². The second kappa shape index (κ2) is 3.85. The first-order chi connectivity index (χ1) is 7.12. The summed E-state index contributed by atoms with van der Waals surface area (Å²) in [5.41, 5.74) is 0.444. The maximum absolute atomic E-state index is 10.9. The van der Waals surface area contributed by atoms with Gasteiger partial charge in [-0.25, -0.2) is 0 Å². The van der Waals surface area contributed by atoms with Gasteiger partial charge in [0, 0.05) is 16.7 Å². The van der Waals surface area contributed by atoms with Gasteiger partial charge in [0.2, 0.25) is 0 Å². The zero-order valence-electron chi connectivity index (χ0n) is 8.16. The first kappa shape index (κ1) is 10.5. The van der Waals surface area contributed by atoms with Gasteiger partial charge >= 0.3 is 5.97 Å². The van der Waals surface area contributed by atoms with Crippen LogP contribution in [0, 0.1) is 5.41 Å². The van der Waals surface area contributed by atoms with Gasteiger partial charge in [0.15, 0.2) is 0 Å². The quantitative estimate of drug-likeness (QED) is 0.884. The summed E-state index contributed by atoms with van der Waals surface area (Å²) in [6.45, 7) is 0.513. The number of carboxylic acid groups (broad SMARTS) is 1. The summed E-state index contributed by atoms with van der Waals surface area (Å²) in [5.74, 6) is -0.690. The van der Waals surface area contributed by atoms with Crippen molar-refractivity contribution < 1.29 is 9.90 Å². The highest BCUT2D eigenvalue weighted by Gasteiger charge is 2.49. The fourth-order valence-electron chi connectivity index (χ4n) is 1.49. The molecule has 2 N–H and O–H groups in total. The van der Waals surface area contributed by atoms with Crippen LogP contribution >= 0.6 is 15.9 Å². The van der Waals surface area contributed by atoms with Crippen molar-refractivity contribution in [2.24, 2.45) is 5.41 Å². The number of rotatable bonds is 4. The molecule has 0 aliphatic heterocycles. The number of hydrogen-bond acceptors (Lipinski definition) is 2. The van der Waals surface area contributed by atoms with E-state index in [1.165, 1.54) is 0 Å². The van der Waals surface area contributed by atoms with E-state index < -0.39 is 11.4 Å². The van der Waals surface area contributed by atoms with Gasteiger partial charge in [-0.1, -0.05) is 22.0 Å². The lowest BCUT2D eigenvalue weighted by Gasteiger charge is -2.12. The van der Waals surface area contributed by atoms with Crippen LogP contribution in [-0.4, -0.2) is 17.6 Å². The topological polar surface area (TPSA) is 49.3 Å². The zero-order valence-corrected chi connectivity index (χ0v) is 9.75. The number of carbonyl (C=O) groups is 1. The number of hydrogen-bond donors (Lipinski definition) is 2. The van der Waals surface area contributed by atoms with Crippen molar-refractivity contribution in [3.63, 3.8) is 0 Å². The van der Waals surface area contributed by atoms with E-state index >= 15 is 0 Å². The van der Waals surface area contributed by atoms with Crippen LogP contribution in [0.2, 0.25) is 0 Å². The number of benzene rings is 1. The minimum absolute atomic E-state index is 0.512. The Hall–Kier alpha value is -1.03. The SMILES string of the molecule is O=C(O)C1(CNc2cccc(Br)c2)CC1. The van der Waals surface area contributed by atoms with Crippen molar-refractivity contribution in [2.45, 2.75) is 12.8 Å². The van der Waals surface area contributed by atoms with Crippen molar-refractivity contribution in [2.75, 3.05) is 11.9 Å². The molecule has 80 valence electrons. The van der Waals surface area contributed by atoms with Crippen LogP contribution < -0.4 is 5.32 Å². The molecule has 3 nitrogen and oxygen atoms in total. The molecule has 0 unspecified atom stereocenters. The third kappa shape index (κ3) is 2.31. The van der Waals surface area contributed by atoms with Crippen LogP contribution in [-0.2, 0) is 4.79 Å². The molecule has 1 aliphatic rings. The molecule has 1 saturated carbocycles. The van der Waals surface area contributed by atoms with E-state index in [1.54, 1.807) is 0 Å². The summed E-state index contributed by atoms with van der Waals surface area (Å²) in [4.78, 5) is 10.9. The molecule has 1 fully saturated rings. The van der Waals surface area contributed by atoms with Crippen molar-refractivity contribution >= 4 is 27.6 Å². The van der Waals surface area contributed by atoms with E-state index in [0.29, 0.717) is 6.54 Å². The maximum atomic E-state index is 10.9. The van der Waals surface area contributed by atoms with Gasteiger partial charge < -0.3 is 10.4 Å². The molecule has 0 spiro atoms. The average molecular weight is 270 g/mol. The Labute approximate surface area is 96.6 Å². The average Bonchev–Trinajstić information content (AvgIpc) is 2.96. The Kier molecular flexibility index (Phi) is 2.69. The predicted octanol–water partition coefficient (Wildman–Crippen LogP) is 2.73. The van der Waals surface area contributed by atoms with E-state index in [0.717, 1.165) is 23.0 Å². The first-order valence-corrected chi connectivity index (χ1v) is 5.65. The lowest BCUT2D eigenvalue weighted by atomic mass is 10.1. The largest absolute Gasteiger partial charge is 0.481 e. The summed E-state index contributed by atoms with van der Waals surface area (Å²) in [5, 5.41) is 12.1. The summed E-state index contributed by atoms with van der Waals surface area (Å²) >= 11 is 3.37. The predicted molar refractivity (Wildman–Crippen MR) is 61.9 cm³/mol. The highest BCUT2D eigenvalue weighted by Crippen LogP contribution is 2.45. The van der Waals surface area contributed by atoms with Gasteiger partial charge in [-0.05, 0) is 31.0 Å². The van der Waals surface area contributed by atoms with Gasteiger partial charge in [0.25, 0.3) is 0 Å². The lowest BCUT2D eigenvalue weighted by Crippen LogP contribution is -2.24. The minimum Gasteiger partial charge on any atom is -0.481 e. The summed E-state index contributed by atoms with van der Waals surface area (Å²) < 4.78 is 0.993. The van der Waals surface area contributed by atoms with Crippen molar-refractivity contribution in [3.05, 3.63) is 28.7 Å². The molecule has 0 radical (unpaired) electrons. The van der Waals surface area contributed by atoms with Crippen LogP contribution in [0.25, 0.3) is 0 Å². The van der Waals surface area contributed by atoms with Crippen molar-refractivity contribution in [1.29, 1.82) is 0 Å². The van der Waals surface area contributed by atoms with Crippen LogP contribution in [0.15, 0.2) is 28.7 Å². The fourth-order valence-corrected chi connectivity index (χ4v) is 1.89. The summed E-state index contributed by atoms with van der Waals surface area (Å²) in [7, 11) is 0. The smallest absolute Gasteiger partial charge is 0.311 e. The van der Waals surface area contributed by atoms with Gasteiger partial charge in [0.05, 0.1) is 5.41 Å². The molecule has 4 heteroatoms. The zero-order chi connectivity index (χ0) is 10.9. The third-order valence-corrected chi connectivity index (χ3v) is 3.26. The highest BCUT2D eigenvalue weighted by atomic mass is 79.9. The molecular formula is C11H12BrNO2. The lowest BCUT2D eigenvalue weighted by molar-refractivity contribution is -0.142. The molecule has 0 saturated heterocycles. The Bertz CT molecular complexity index is 388. The van der Waals surface area contributed by atoms with E-state index in [4.69, 9.17) is 5.11 Å².